The fourth-order valence-corrected chi connectivity index (χ4v) is 3.77. The molecule has 0 bridgehead atoms. The van der Waals surface area contributed by atoms with E-state index in [1.54, 1.807) is 11.0 Å². The predicted molar refractivity (Wildman–Crippen MR) is 112 cm³/mol. The number of carbonyl (C=O) groups is 1. The number of ether oxygens (including phenoxy) is 1. The van der Waals surface area contributed by atoms with E-state index in [0.29, 0.717) is 22.9 Å². The number of nitrogens with zero attached hydrogens (tertiary/aromatic N) is 3. The van der Waals surface area contributed by atoms with E-state index in [9.17, 15) is 9.18 Å². The summed E-state index contributed by atoms with van der Waals surface area (Å²) in [4.78, 5) is 21.1. The van der Waals surface area contributed by atoms with Gasteiger partial charge in [0, 0.05) is 6.54 Å². The van der Waals surface area contributed by atoms with Crippen molar-refractivity contribution in [2.45, 2.75) is 13.3 Å². The van der Waals surface area contributed by atoms with E-state index < -0.39 is 0 Å². The summed E-state index contributed by atoms with van der Waals surface area (Å²) < 4.78 is 19.9. The van der Waals surface area contributed by atoms with Crippen molar-refractivity contribution in [1.82, 2.24) is 9.88 Å². The summed E-state index contributed by atoms with van der Waals surface area (Å²) in [6.07, 6.45) is 0.799. The SMILES string of the molecule is Cc1ccc(OCC(=O)N(CCCN(C)C)c2nc3ccc(F)cc3s2)cc1. The molecule has 0 aliphatic rings. The first-order chi connectivity index (χ1) is 13.4. The van der Waals surface area contributed by atoms with Crippen molar-refractivity contribution in [2.24, 2.45) is 0 Å². The van der Waals surface area contributed by atoms with Crippen LogP contribution in [0.4, 0.5) is 9.52 Å². The molecule has 0 spiro atoms. The van der Waals surface area contributed by atoms with Crippen molar-refractivity contribution in [3.05, 3.63) is 53.8 Å². The van der Waals surface area contributed by atoms with Crippen LogP contribution in [0.15, 0.2) is 42.5 Å². The van der Waals surface area contributed by atoms with Gasteiger partial charge in [-0.15, -0.1) is 0 Å². The van der Waals surface area contributed by atoms with E-state index in [1.807, 2.05) is 45.3 Å². The maximum absolute atomic E-state index is 13.5. The van der Waals surface area contributed by atoms with Crippen LogP contribution < -0.4 is 9.64 Å². The number of aromatic nitrogens is 1. The lowest BCUT2D eigenvalue weighted by Crippen LogP contribution is -2.36. The van der Waals surface area contributed by atoms with Crippen molar-refractivity contribution >= 4 is 32.6 Å². The molecule has 1 heterocycles. The van der Waals surface area contributed by atoms with Crippen LogP contribution >= 0.6 is 11.3 Å². The third kappa shape index (κ3) is 5.27. The van der Waals surface area contributed by atoms with Gasteiger partial charge in [0.2, 0.25) is 0 Å². The molecule has 3 rings (SSSR count). The lowest BCUT2D eigenvalue weighted by atomic mass is 10.2. The van der Waals surface area contributed by atoms with E-state index in [-0.39, 0.29) is 18.3 Å². The number of fused-ring (bicyclic) bond motifs is 1. The normalized spacial score (nSPS) is 11.2. The Bertz CT molecular complexity index is 940. The molecule has 0 radical (unpaired) electrons. The van der Waals surface area contributed by atoms with Gasteiger partial charge in [0.1, 0.15) is 11.6 Å². The summed E-state index contributed by atoms with van der Waals surface area (Å²) in [7, 11) is 3.99. The number of rotatable bonds is 8. The highest BCUT2D eigenvalue weighted by atomic mass is 32.1. The zero-order valence-corrected chi connectivity index (χ0v) is 17.1. The largest absolute Gasteiger partial charge is 0.484 e. The van der Waals surface area contributed by atoms with Gasteiger partial charge in [-0.25, -0.2) is 9.37 Å². The van der Waals surface area contributed by atoms with E-state index >= 15 is 0 Å². The molecule has 0 unspecified atom stereocenters. The number of thiazole rings is 1. The number of halogens is 1. The minimum absolute atomic E-state index is 0.0741. The minimum Gasteiger partial charge on any atom is -0.484 e. The number of aryl methyl sites for hydroxylation is 1. The molecule has 0 saturated carbocycles. The van der Waals surface area contributed by atoms with Crippen LogP contribution in [-0.4, -0.2) is 49.6 Å². The molecule has 0 aliphatic heterocycles. The second-order valence-corrected chi connectivity index (χ2v) is 7.92. The van der Waals surface area contributed by atoms with Crippen molar-refractivity contribution in [3.8, 4) is 5.75 Å². The second kappa shape index (κ2) is 9.12. The lowest BCUT2D eigenvalue weighted by Gasteiger charge is -2.21. The van der Waals surface area contributed by atoms with Crippen LogP contribution in [-0.2, 0) is 4.79 Å². The van der Waals surface area contributed by atoms with Crippen LogP contribution in [0.2, 0.25) is 0 Å². The van der Waals surface area contributed by atoms with Gasteiger partial charge in [0.05, 0.1) is 10.2 Å². The summed E-state index contributed by atoms with van der Waals surface area (Å²) in [6.45, 7) is 3.30. The second-order valence-electron chi connectivity index (χ2n) is 6.91. The lowest BCUT2D eigenvalue weighted by molar-refractivity contribution is -0.120. The van der Waals surface area contributed by atoms with Crippen LogP contribution in [0.3, 0.4) is 0 Å². The highest BCUT2D eigenvalue weighted by Crippen LogP contribution is 2.29. The molecule has 7 heteroatoms. The van der Waals surface area contributed by atoms with Crippen LogP contribution in [0.1, 0.15) is 12.0 Å². The standard InChI is InChI=1S/C21H24FN3O2S/c1-15-5-8-17(9-6-15)27-14-20(26)25(12-4-11-24(2)3)21-23-18-10-7-16(22)13-19(18)28-21/h5-10,13H,4,11-12,14H2,1-3H3. The summed E-state index contributed by atoms with van der Waals surface area (Å²) in [5, 5.41) is 0.567. The number of carbonyl (C=O) groups excluding carboxylic acids is 1. The molecule has 1 amide bonds. The molecule has 0 fully saturated rings. The Hall–Kier alpha value is -2.51. The number of hydrogen-bond donors (Lipinski definition) is 0. The van der Waals surface area contributed by atoms with E-state index in [0.717, 1.165) is 23.2 Å². The first-order valence-corrected chi connectivity index (χ1v) is 9.94. The highest BCUT2D eigenvalue weighted by molar-refractivity contribution is 7.22. The van der Waals surface area contributed by atoms with E-state index in [2.05, 4.69) is 9.88 Å². The molecule has 2 aromatic carbocycles. The Balaban J connectivity index is 1.76. The van der Waals surface area contributed by atoms with E-state index in [1.165, 1.54) is 23.5 Å². The van der Waals surface area contributed by atoms with Crippen LogP contribution in [0.25, 0.3) is 10.2 Å². The smallest absolute Gasteiger partial charge is 0.266 e. The summed E-state index contributed by atoms with van der Waals surface area (Å²) >= 11 is 1.32. The summed E-state index contributed by atoms with van der Waals surface area (Å²) in [6, 6.07) is 12.0. The Labute approximate surface area is 168 Å². The third-order valence-corrected chi connectivity index (χ3v) is 5.28. The molecule has 3 aromatic rings. The fraction of sp³-hybridized carbons (Fsp3) is 0.333. The molecular formula is C21H24FN3O2S. The van der Waals surface area contributed by atoms with Crippen LogP contribution in [0, 0.1) is 12.7 Å². The first kappa shape index (κ1) is 20.2. The molecule has 0 atom stereocenters. The monoisotopic (exact) mass is 401 g/mol. The topological polar surface area (TPSA) is 45.7 Å². The molecular weight excluding hydrogens is 377 g/mol. The Morgan fingerprint density at radius 2 is 1.89 bits per heavy atom. The average Bonchev–Trinajstić information content (AvgIpc) is 3.07. The number of anilines is 1. The van der Waals surface area contributed by atoms with Crippen LogP contribution in [0.5, 0.6) is 5.75 Å². The minimum atomic E-state index is -0.309. The third-order valence-electron chi connectivity index (χ3n) is 4.24. The first-order valence-electron chi connectivity index (χ1n) is 9.13. The Morgan fingerprint density at radius 3 is 2.61 bits per heavy atom. The molecule has 0 saturated heterocycles. The predicted octanol–water partition coefficient (Wildman–Crippen LogP) is 4.11. The molecule has 1 aromatic heterocycles. The van der Waals surface area contributed by atoms with Crippen molar-refractivity contribution in [2.75, 3.05) is 38.7 Å². The van der Waals surface area contributed by atoms with Gasteiger partial charge < -0.3 is 9.64 Å². The molecule has 5 nitrogen and oxygen atoms in total. The fourth-order valence-electron chi connectivity index (χ4n) is 2.73. The van der Waals surface area contributed by atoms with E-state index in [4.69, 9.17) is 4.74 Å². The zero-order valence-electron chi connectivity index (χ0n) is 16.3. The number of benzene rings is 2. The maximum Gasteiger partial charge on any atom is 0.266 e. The summed E-state index contributed by atoms with van der Waals surface area (Å²) in [5.74, 6) is 0.174. The van der Waals surface area contributed by atoms with Crippen molar-refractivity contribution < 1.29 is 13.9 Å². The number of hydrogen-bond acceptors (Lipinski definition) is 5. The molecule has 0 N–H and O–H groups in total. The molecule has 28 heavy (non-hydrogen) atoms. The number of amides is 1. The van der Waals surface area contributed by atoms with Gasteiger partial charge in [-0.2, -0.15) is 0 Å². The Kier molecular flexibility index (Phi) is 6.59. The zero-order chi connectivity index (χ0) is 20.1. The Morgan fingerprint density at radius 1 is 1.14 bits per heavy atom. The molecule has 148 valence electrons. The van der Waals surface area contributed by atoms with Gasteiger partial charge in [-0.1, -0.05) is 29.0 Å². The average molecular weight is 402 g/mol. The van der Waals surface area contributed by atoms with Gasteiger partial charge in [-0.3, -0.25) is 9.69 Å². The highest BCUT2D eigenvalue weighted by Gasteiger charge is 2.20. The van der Waals surface area contributed by atoms with Gasteiger partial charge >= 0.3 is 0 Å². The maximum atomic E-state index is 13.5. The van der Waals surface area contributed by atoms with Crippen molar-refractivity contribution in [1.29, 1.82) is 0 Å². The van der Waals surface area contributed by atoms with Crippen molar-refractivity contribution in [3.63, 3.8) is 0 Å². The van der Waals surface area contributed by atoms with Gasteiger partial charge in [0.15, 0.2) is 11.7 Å². The summed E-state index contributed by atoms with van der Waals surface area (Å²) in [5.41, 5.74) is 1.82. The van der Waals surface area contributed by atoms with Gasteiger partial charge in [0.25, 0.3) is 5.91 Å². The molecule has 0 aliphatic carbocycles. The quantitative estimate of drug-likeness (QED) is 0.570. The van der Waals surface area contributed by atoms with Gasteiger partial charge in [-0.05, 0) is 64.3 Å².